The van der Waals surface area contributed by atoms with E-state index in [9.17, 15) is 19.5 Å². The van der Waals surface area contributed by atoms with Crippen molar-refractivity contribution in [2.75, 3.05) is 0 Å². The van der Waals surface area contributed by atoms with Crippen molar-refractivity contribution in [2.24, 2.45) is 0 Å². The molecule has 1 aliphatic heterocycles. The summed E-state index contributed by atoms with van der Waals surface area (Å²) in [4.78, 5) is 39.2. The standard InChI is InChI=1S/C21H22N4O4/c1-21(2,3)15-9-16-24(12-17(26)27)18-14(19(28)25(16)22-15)11-23(20(18)29)10-13-7-5-4-6-8-13/h4-9H,10-12H2,1-3H3,(H,26,27)/p-1. The molecule has 3 aromatic rings. The first-order chi connectivity index (χ1) is 13.7. The summed E-state index contributed by atoms with van der Waals surface area (Å²) < 4.78 is 2.53. The van der Waals surface area contributed by atoms with Crippen LogP contribution in [0.5, 0.6) is 0 Å². The minimum atomic E-state index is -1.34. The molecule has 0 atom stereocenters. The van der Waals surface area contributed by atoms with Crippen LogP contribution in [0.25, 0.3) is 5.65 Å². The smallest absolute Gasteiger partial charge is 0.280 e. The van der Waals surface area contributed by atoms with Crippen LogP contribution in [-0.4, -0.2) is 31.0 Å². The van der Waals surface area contributed by atoms with Crippen LogP contribution in [-0.2, 0) is 29.8 Å². The van der Waals surface area contributed by atoms with Gasteiger partial charge in [0.2, 0.25) is 0 Å². The molecule has 150 valence electrons. The van der Waals surface area contributed by atoms with Gasteiger partial charge in [-0.25, -0.2) is 0 Å². The largest absolute Gasteiger partial charge is 0.548 e. The van der Waals surface area contributed by atoms with Crippen LogP contribution in [0, 0.1) is 0 Å². The van der Waals surface area contributed by atoms with Crippen LogP contribution in [0.4, 0.5) is 0 Å². The highest BCUT2D eigenvalue weighted by molar-refractivity contribution is 5.97. The average Bonchev–Trinajstić information content (AvgIpc) is 3.23. The number of carbonyl (C=O) groups excluding carboxylic acids is 2. The monoisotopic (exact) mass is 393 g/mol. The van der Waals surface area contributed by atoms with Crippen molar-refractivity contribution in [3.63, 3.8) is 0 Å². The fourth-order valence-electron chi connectivity index (χ4n) is 3.61. The topological polar surface area (TPSA) is 99.7 Å². The number of hydrogen-bond donors (Lipinski definition) is 0. The number of carbonyl (C=O) groups is 2. The summed E-state index contributed by atoms with van der Waals surface area (Å²) in [5.74, 6) is -1.71. The summed E-state index contributed by atoms with van der Waals surface area (Å²) in [6.45, 7) is 5.74. The van der Waals surface area contributed by atoms with E-state index in [-0.39, 0.29) is 34.8 Å². The maximum atomic E-state index is 13.1. The highest BCUT2D eigenvalue weighted by Gasteiger charge is 2.35. The lowest BCUT2D eigenvalue weighted by Crippen LogP contribution is -2.33. The molecule has 1 amide bonds. The number of benzene rings is 1. The first-order valence-corrected chi connectivity index (χ1v) is 9.36. The van der Waals surface area contributed by atoms with Gasteiger partial charge in [-0.3, -0.25) is 9.59 Å². The predicted octanol–water partition coefficient (Wildman–Crippen LogP) is 0.699. The molecule has 0 saturated carbocycles. The van der Waals surface area contributed by atoms with E-state index in [1.54, 1.807) is 6.07 Å². The van der Waals surface area contributed by atoms with E-state index in [1.807, 2.05) is 51.1 Å². The first-order valence-electron chi connectivity index (χ1n) is 9.36. The molecule has 29 heavy (non-hydrogen) atoms. The maximum Gasteiger partial charge on any atom is 0.280 e. The van der Waals surface area contributed by atoms with Crippen LogP contribution in [0.2, 0.25) is 0 Å². The molecular formula is C21H21N4O4-. The second-order valence-electron chi connectivity index (χ2n) is 8.29. The van der Waals surface area contributed by atoms with E-state index in [2.05, 4.69) is 5.10 Å². The summed E-state index contributed by atoms with van der Waals surface area (Å²) in [7, 11) is 0. The van der Waals surface area contributed by atoms with E-state index >= 15 is 0 Å². The van der Waals surface area contributed by atoms with Crippen LogP contribution < -0.4 is 10.7 Å². The zero-order valence-electron chi connectivity index (χ0n) is 16.5. The van der Waals surface area contributed by atoms with Crippen LogP contribution in [0.1, 0.15) is 48.1 Å². The van der Waals surface area contributed by atoms with Crippen molar-refractivity contribution in [2.45, 2.75) is 45.8 Å². The second-order valence-corrected chi connectivity index (χ2v) is 8.29. The molecule has 0 unspecified atom stereocenters. The molecule has 3 heterocycles. The van der Waals surface area contributed by atoms with Crippen molar-refractivity contribution in [3.8, 4) is 0 Å². The van der Waals surface area contributed by atoms with Crippen LogP contribution in [0.3, 0.4) is 0 Å². The zero-order chi connectivity index (χ0) is 20.9. The van der Waals surface area contributed by atoms with Gasteiger partial charge < -0.3 is 19.4 Å². The summed E-state index contributed by atoms with van der Waals surface area (Å²) >= 11 is 0. The van der Waals surface area contributed by atoms with Crippen molar-refractivity contribution < 1.29 is 14.7 Å². The van der Waals surface area contributed by atoms with Crippen LogP contribution >= 0.6 is 0 Å². The Labute approximate surface area is 167 Å². The Bertz CT molecular complexity index is 1190. The molecule has 4 rings (SSSR count). The number of carboxylic acid groups (broad SMARTS) is 1. The number of aromatic nitrogens is 3. The van der Waals surface area contributed by atoms with Gasteiger partial charge in [-0.1, -0.05) is 51.1 Å². The molecule has 0 N–H and O–H groups in total. The molecule has 0 fully saturated rings. The quantitative estimate of drug-likeness (QED) is 0.650. The SMILES string of the molecule is CC(C)(C)c1cc2n(CC(=O)[O-])c3c(c(=O)n2n1)CN(Cc1ccccc1)C3=O. The molecule has 1 aliphatic rings. The van der Waals surface area contributed by atoms with Crippen molar-refractivity contribution >= 4 is 17.5 Å². The molecule has 1 aromatic carbocycles. The third-order valence-corrected chi connectivity index (χ3v) is 5.08. The van der Waals surface area contributed by atoms with Gasteiger partial charge in [-0.05, 0) is 5.56 Å². The van der Waals surface area contributed by atoms with Crippen molar-refractivity contribution in [1.82, 2.24) is 19.1 Å². The Morgan fingerprint density at radius 3 is 2.48 bits per heavy atom. The lowest BCUT2D eigenvalue weighted by atomic mass is 9.93. The zero-order valence-corrected chi connectivity index (χ0v) is 16.5. The predicted molar refractivity (Wildman–Crippen MR) is 103 cm³/mol. The molecule has 0 bridgehead atoms. The van der Waals surface area contributed by atoms with E-state index < -0.39 is 18.1 Å². The minimum Gasteiger partial charge on any atom is -0.548 e. The third-order valence-electron chi connectivity index (χ3n) is 5.08. The number of aliphatic carboxylic acids is 1. The molecule has 0 spiro atoms. The normalized spacial score (nSPS) is 13.9. The van der Waals surface area contributed by atoms with E-state index in [1.165, 1.54) is 14.0 Å². The molecule has 8 heteroatoms. The lowest BCUT2D eigenvalue weighted by molar-refractivity contribution is -0.306. The first kappa shape index (κ1) is 18.9. The number of nitrogens with zero attached hydrogens (tertiary/aromatic N) is 4. The van der Waals surface area contributed by atoms with Crippen molar-refractivity contribution in [3.05, 3.63) is 69.3 Å². The van der Waals surface area contributed by atoms with Crippen LogP contribution in [0.15, 0.2) is 41.2 Å². The second kappa shape index (κ2) is 6.58. The van der Waals surface area contributed by atoms with Gasteiger partial charge in [-0.15, -0.1) is 0 Å². The van der Waals surface area contributed by atoms with E-state index in [4.69, 9.17) is 0 Å². The summed E-state index contributed by atoms with van der Waals surface area (Å²) in [6.07, 6.45) is 0. The van der Waals surface area contributed by atoms with Gasteiger partial charge in [0.15, 0.2) is 0 Å². The Balaban J connectivity index is 1.88. The molecular weight excluding hydrogens is 372 g/mol. The summed E-state index contributed by atoms with van der Waals surface area (Å²) in [5.41, 5.74) is 1.45. The van der Waals surface area contributed by atoms with Gasteiger partial charge >= 0.3 is 0 Å². The third kappa shape index (κ3) is 3.20. The Kier molecular flexibility index (Phi) is 4.29. The average molecular weight is 393 g/mol. The molecule has 0 saturated heterocycles. The summed E-state index contributed by atoms with van der Waals surface area (Å²) in [6, 6.07) is 11.1. The van der Waals surface area contributed by atoms with Crippen molar-refractivity contribution in [1.29, 1.82) is 0 Å². The lowest BCUT2D eigenvalue weighted by Gasteiger charge is -2.16. The fraction of sp³-hybridized carbons (Fsp3) is 0.333. The number of hydrogen-bond acceptors (Lipinski definition) is 5. The molecule has 2 aromatic heterocycles. The Morgan fingerprint density at radius 1 is 1.17 bits per heavy atom. The number of carboxylic acids is 1. The van der Waals surface area contributed by atoms with E-state index in [0.29, 0.717) is 12.2 Å². The number of rotatable bonds is 4. The number of fused-ring (bicyclic) bond motifs is 2. The van der Waals surface area contributed by atoms with Gasteiger partial charge in [0.25, 0.3) is 11.5 Å². The maximum absolute atomic E-state index is 13.1. The molecule has 0 aliphatic carbocycles. The highest BCUT2D eigenvalue weighted by atomic mass is 16.4. The van der Waals surface area contributed by atoms with Gasteiger partial charge in [0.05, 0.1) is 30.3 Å². The highest BCUT2D eigenvalue weighted by Crippen LogP contribution is 2.26. The van der Waals surface area contributed by atoms with Gasteiger partial charge in [-0.2, -0.15) is 9.61 Å². The van der Waals surface area contributed by atoms with E-state index in [0.717, 1.165) is 5.56 Å². The molecule has 0 radical (unpaired) electrons. The minimum absolute atomic E-state index is 0.1000. The van der Waals surface area contributed by atoms with Gasteiger partial charge in [0, 0.05) is 18.0 Å². The van der Waals surface area contributed by atoms with Gasteiger partial charge in [0.1, 0.15) is 11.3 Å². The number of amides is 1. The molecule has 8 nitrogen and oxygen atoms in total. The Morgan fingerprint density at radius 2 is 1.86 bits per heavy atom. The fourth-order valence-corrected chi connectivity index (χ4v) is 3.61. The summed E-state index contributed by atoms with van der Waals surface area (Å²) in [5, 5.41) is 15.8. The Hall–Kier alpha value is -3.42.